The molecule has 0 saturated carbocycles. The number of aromatic nitrogens is 2. The minimum absolute atomic E-state index is 0.335. The van der Waals surface area contributed by atoms with Crippen molar-refractivity contribution in [2.75, 3.05) is 6.61 Å². The van der Waals surface area contributed by atoms with Crippen LogP contribution in [-0.4, -0.2) is 31.4 Å². The van der Waals surface area contributed by atoms with Gasteiger partial charge in [0.2, 0.25) is 0 Å². The molecule has 0 radical (unpaired) electrons. The van der Waals surface area contributed by atoms with Crippen LogP contribution < -0.4 is 0 Å². The number of benzene rings is 1. The number of hydrogen-bond acceptors (Lipinski definition) is 4. The predicted octanol–water partition coefficient (Wildman–Crippen LogP) is 3.62. The highest BCUT2D eigenvalue weighted by Crippen LogP contribution is 2.28. The Labute approximate surface area is 150 Å². The van der Waals surface area contributed by atoms with Crippen molar-refractivity contribution in [3.05, 3.63) is 46.2 Å². The highest BCUT2D eigenvalue weighted by molar-refractivity contribution is 7.91. The SMILES string of the molecule is Cc1cccc(-n2ncc3c2COCC3=N[S+]([O-])C(C)(C)C)c1Cl. The summed E-state index contributed by atoms with van der Waals surface area (Å²) in [5, 5.41) is 5.12. The van der Waals surface area contributed by atoms with Gasteiger partial charge in [-0.1, -0.05) is 28.1 Å². The summed E-state index contributed by atoms with van der Waals surface area (Å²) in [6.45, 7) is 8.40. The Balaban J connectivity index is 2.05. The van der Waals surface area contributed by atoms with Gasteiger partial charge in [0.25, 0.3) is 0 Å². The van der Waals surface area contributed by atoms with Gasteiger partial charge >= 0.3 is 0 Å². The van der Waals surface area contributed by atoms with Crippen LogP contribution in [0.4, 0.5) is 0 Å². The molecule has 128 valence electrons. The summed E-state index contributed by atoms with van der Waals surface area (Å²) in [6.07, 6.45) is 1.75. The molecule has 7 heteroatoms. The van der Waals surface area contributed by atoms with Crippen molar-refractivity contribution in [3.63, 3.8) is 0 Å². The van der Waals surface area contributed by atoms with Crippen molar-refractivity contribution in [1.29, 1.82) is 0 Å². The predicted molar refractivity (Wildman–Crippen MR) is 97.4 cm³/mol. The zero-order valence-corrected chi connectivity index (χ0v) is 15.7. The van der Waals surface area contributed by atoms with E-state index in [-0.39, 0.29) is 0 Å². The standard InChI is InChI=1S/C17H20ClN3O2S/c1-11-6-5-7-14(16(11)18)21-15-10-23-9-13(12(15)8-19-21)20-24(22)17(2,3)4/h5-8H,9-10H2,1-4H3. The summed E-state index contributed by atoms with van der Waals surface area (Å²) in [4.78, 5) is 0. The molecule has 0 spiro atoms. The van der Waals surface area contributed by atoms with Crippen LogP contribution in [0, 0.1) is 6.92 Å². The van der Waals surface area contributed by atoms with E-state index < -0.39 is 16.1 Å². The summed E-state index contributed by atoms with van der Waals surface area (Å²) in [5.74, 6) is 0. The fraction of sp³-hybridized carbons (Fsp3) is 0.412. The Bertz CT molecular complexity index is 796. The minimum Gasteiger partial charge on any atom is -0.591 e. The van der Waals surface area contributed by atoms with Gasteiger partial charge in [-0.25, -0.2) is 4.68 Å². The molecule has 0 fully saturated rings. The maximum absolute atomic E-state index is 12.3. The van der Waals surface area contributed by atoms with Crippen LogP contribution in [0.5, 0.6) is 0 Å². The van der Waals surface area contributed by atoms with E-state index in [1.165, 1.54) is 0 Å². The minimum atomic E-state index is -1.34. The second kappa shape index (κ2) is 6.52. The van der Waals surface area contributed by atoms with Gasteiger partial charge in [0, 0.05) is 5.56 Å². The quantitative estimate of drug-likeness (QED) is 0.763. The van der Waals surface area contributed by atoms with E-state index in [0.29, 0.717) is 23.9 Å². The van der Waals surface area contributed by atoms with Crippen LogP contribution in [0.3, 0.4) is 0 Å². The number of hydrogen-bond donors (Lipinski definition) is 0. The fourth-order valence-corrected chi connectivity index (χ4v) is 3.22. The molecule has 1 aromatic carbocycles. The second-order valence-electron chi connectivity index (χ2n) is 6.72. The molecule has 1 aliphatic rings. The molecule has 2 heterocycles. The first-order valence-corrected chi connectivity index (χ1v) is 9.17. The fourth-order valence-electron chi connectivity index (χ4n) is 2.39. The molecule has 2 aromatic rings. The van der Waals surface area contributed by atoms with Gasteiger partial charge in [-0.05, 0) is 39.3 Å². The topological polar surface area (TPSA) is 62.5 Å². The average Bonchev–Trinajstić information content (AvgIpc) is 2.94. The second-order valence-corrected chi connectivity index (χ2v) is 9.00. The van der Waals surface area contributed by atoms with Crippen LogP contribution in [0.1, 0.15) is 37.6 Å². The van der Waals surface area contributed by atoms with Crippen LogP contribution in [-0.2, 0) is 22.7 Å². The van der Waals surface area contributed by atoms with E-state index in [9.17, 15) is 4.55 Å². The zero-order chi connectivity index (χ0) is 17.5. The Morgan fingerprint density at radius 1 is 1.33 bits per heavy atom. The van der Waals surface area contributed by atoms with Crippen molar-refractivity contribution < 1.29 is 9.29 Å². The molecular weight excluding hydrogens is 346 g/mol. The molecular formula is C17H20ClN3O2S. The third-order valence-corrected chi connectivity index (χ3v) is 5.70. The first-order chi connectivity index (χ1) is 11.3. The first kappa shape index (κ1) is 17.5. The van der Waals surface area contributed by atoms with E-state index in [4.69, 9.17) is 16.3 Å². The molecule has 0 N–H and O–H groups in total. The molecule has 24 heavy (non-hydrogen) atoms. The summed E-state index contributed by atoms with van der Waals surface area (Å²) in [7, 11) is 0. The highest BCUT2D eigenvalue weighted by Gasteiger charge is 2.30. The van der Waals surface area contributed by atoms with E-state index in [0.717, 1.165) is 22.5 Å². The van der Waals surface area contributed by atoms with Crippen molar-refractivity contribution >= 4 is 28.7 Å². The Hall–Kier alpha value is -1.34. The molecule has 1 aromatic heterocycles. The third kappa shape index (κ3) is 3.24. The zero-order valence-electron chi connectivity index (χ0n) is 14.2. The van der Waals surface area contributed by atoms with Crippen LogP contribution in [0.25, 0.3) is 5.69 Å². The molecule has 0 saturated heterocycles. The van der Waals surface area contributed by atoms with E-state index in [1.54, 1.807) is 10.9 Å². The molecule has 1 atom stereocenters. The Morgan fingerprint density at radius 2 is 2.08 bits per heavy atom. The molecule has 0 bridgehead atoms. The number of rotatable bonds is 2. The molecule has 0 amide bonds. The lowest BCUT2D eigenvalue weighted by Gasteiger charge is -2.21. The van der Waals surface area contributed by atoms with Gasteiger partial charge in [0.05, 0.1) is 35.8 Å². The number of aryl methyl sites for hydroxylation is 1. The molecule has 1 unspecified atom stereocenters. The number of fused-ring (bicyclic) bond motifs is 1. The van der Waals surface area contributed by atoms with Crippen LogP contribution in [0.15, 0.2) is 28.8 Å². The highest BCUT2D eigenvalue weighted by atomic mass is 35.5. The Morgan fingerprint density at radius 3 is 2.79 bits per heavy atom. The number of ether oxygens (including phenoxy) is 1. The maximum Gasteiger partial charge on any atom is 0.144 e. The van der Waals surface area contributed by atoms with Gasteiger partial charge in [-0.3, -0.25) is 0 Å². The van der Waals surface area contributed by atoms with Crippen LogP contribution in [0.2, 0.25) is 5.02 Å². The first-order valence-electron chi connectivity index (χ1n) is 7.69. The summed E-state index contributed by atoms with van der Waals surface area (Å²) >= 11 is 5.09. The van der Waals surface area contributed by atoms with Gasteiger partial charge in [-0.2, -0.15) is 5.10 Å². The normalized spacial score (nSPS) is 17.8. The van der Waals surface area contributed by atoms with Crippen LogP contribution >= 0.6 is 11.6 Å². The monoisotopic (exact) mass is 365 g/mol. The van der Waals surface area contributed by atoms with Crippen molar-refractivity contribution in [2.24, 2.45) is 4.40 Å². The van der Waals surface area contributed by atoms with Crippen molar-refractivity contribution in [3.8, 4) is 5.69 Å². The lowest BCUT2D eigenvalue weighted by molar-refractivity contribution is 0.147. The van der Waals surface area contributed by atoms with Gasteiger partial charge in [-0.15, -0.1) is 0 Å². The van der Waals surface area contributed by atoms with Gasteiger partial charge in [0.15, 0.2) is 0 Å². The lowest BCUT2D eigenvalue weighted by atomic mass is 10.1. The molecule has 3 rings (SSSR count). The lowest BCUT2D eigenvalue weighted by Crippen LogP contribution is -2.29. The van der Waals surface area contributed by atoms with E-state index in [2.05, 4.69) is 9.50 Å². The molecule has 1 aliphatic heterocycles. The number of nitrogens with zero attached hydrogens (tertiary/aromatic N) is 3. The maximum atomic E-state index is 12.3. The van der Waals surface area contributed by atoms with Crippen molar-refractivity contribution in [1.82, 2.24) is 9.78 Å². The van der Waals surface area contributed by atoms with E-state index in [1.807, 2.05) is 45.9 Å². The summed E-state index contributed by atoms with van der Waals surface area (Å²) in [6, 6.07) is 5.82. The Kier molecular flexibility index (Phi) is 4.75. The third-order valence-electron chi connectivity index (χ3n) is 3.77. The molecule has 5 nitrogen and oxygen atoms in total. The number of halogens is 1. The summed E-state index contributed by atoms with van der Waals surface area (Å²) < 4.78 is 23.7. The summed E-state index contributed by atoms with van der Waals surface area (Å²) in [5.41, 5.74) is 4.20. The average molecular weight is 366 g/mol. The van der Waals surface area contributed by atoms with E-state index >= 15 is 0 Å². The largest absolute Gasteiger partial charge is 0.591 e. The van der Waals surface area contributed by atoms with Crippen molar-refractivity contribution in [2.45, 2.75) is 39.0 Å². The van der Waals surface area contributed by atoms with Gasteiger partial charge < -0.3 is 9.29 Å². The molecule has 0 aliphatic carbocycles. The smallest absolute Gasteiger partial charge is 0.144 e. The van der Waals surface area contributed by atoms with Gasteiger partial charge in [0.1, 0.15) is 21.8 Å².